The van der Waals surface area contributed by atoms with E-state index < -0.39 is 68.0 Å². The zero-order chi connectivity index (χ0) is 37.1. The Hall–Kier alpha value is -0.810. The van der Waals surface area contributed by atoms with E-state index in [0.717, 1.165) is 64.3 Å². The number of piperidine rings is 1. The number of carbonyl (C=O) groups is 1. The van der Waals surface area contributed by atoms with Crippen molar-refractivity contribution in [2.75, 3.05) is 13.2 Å². The highest BCUT2D eigenvalue weighted by atomic mass is 16.8. The highest BCUT2D eigenvalue weighted by molar-refractivity contribution is 5.90. The molecule has 296 valence electrons. The van der Waals surface area contributed by atoms with Gasteiger partial charge in [-0.05, 0) is 99.2 Å². The van der Waals surface area contributed by atoms with Crippen LogP contribution in [-0.4, -0.2) is 129 Å². The summed E-state index contributed by atoms with van der Waals surface area (Å²) in [5.41, 5.74) is -0.409. The smallest absolute Gasteiger partial charge is 0.187 e. The van der Waals surface area contributed by atoms with E-state index >= 15 is 0 Å². The quantitative estimate of drug-likeness (QED) is 0.199. The van der Waals surface area contributed by atoms with Gasteiger partial charge in [-0.15, -0.1) is 0 Å². The van der Waals surface area contributed by atoms with Gasteiger partial charge < -0.3 is 54.3 Å². The van der Waals surface area contributed by atoms with Gasteiger partial charge in [0.15, 0.2) is 18.4 Å². The minimum atomic E-state index is -1.62. The number of hydrogen-bond donors (Lipinski definition) is 7. The lowest BCUT2D eigenvalue weighted by Gasteiger charge is -2.61. The molecule has 1 spiro atoms. The molecule has 4 aliphatic heterocycles. The number of hydrogen-bond acceptors (Lipinski definition) is 13. The Kier molecular flexibility index (Phi) is 10.0. The summed E-state index contributed by atoms with van der Waals surface area (Å²) in [6.45, 7) is 11.3. The standard InChI is InChI=1S/C39H63NO12/c1-17-8-13-39(40-15-17)18(2)25-33(52-39)29(44)26-22-7-6-20-14-21(9-11-37(20,4)23(22)10-12-38(25,26)5)49-36-34(31(46)28(43)24(16-41)50-36)51-35-32(47)30(45)27(42)19(3)48-35/h17-28,30-36,40-43,45-47H,6-16H2,1-5H3/t17-,18+,19-,20-,21-,22-,23+,24-,25+,26-,27-,28-,30+,31-,32-,33-,34+,35-,36+,37-,38+,39+/m0/s1. The van der Waals surface area contributed by atoms with E-state index in [4.69, 9.17) is 23.7 Å². The van der Waals surface area contributed by atoms with Gasteiger partial charge in [-0.2, -0.15) is 0 Å². The number of rotatable bonds is 5. The maximum atomic E-state index is 14.5. The number of aliphatic hydroxyl groups excluding tert-OH is 6. The number of nitrogens with one attached hydrogen (secondary N) is 1. The Morgan fingerprint density at radius 2 is 1.56 bits per heavy atom. The highest BCUT2D eigenvalue weighted by Crippen LogP contribution is 2.70. The van der Waals surface area contributed by atoms with Crippen molar-refractivity contribution < 1.29 is 59.1 Å². The fraction of sp³-hybridized carbons (Fsp3) is 0.974. The zero-order valence-electron chi connectivity index (χ0n) is 31.4. The van der Waals surface area contributed by atoms with Crippen LogP contribution in [0.2, 0.25) is 0 Å². The molecule has 13 nitrogen and oxygen atoms in total. The Bertz CT molecular complexity index is 1330. The zero-order valence-corrected chi connectivity index (χ0v) is 31.4. The lowest BCUT2D eigenvalue weighted by molar-refractivity contribution is -0.371. The lowest BCUT2D eigenvalue weighted by atomic mass is 9.44. The minimum absolute atomic E-state index is 0.0203. The van der Waals surface area contributed by atoms with E-state index in [-0.39, 0.29) is 46.5 Å². The van der Waals surface area contributed by atoms with E-state index in [0.29, 0.717) is 29.5 Å². The molecule has 8 rings (SSSR count). The van der Waals surface area contributed by atoms with Crippen molar-refractivity contribution in [1.82, 2.24) is 5.32 Å². The molecule has 0 aromatic heterocycles. The molecule has 4 heterocycles. The van der Waals surface area contributed by atoms with Crippen molar-refractivity contribution in [1.29, 1.82) is 0 Å². The van der Waals surface area contributed by atoms with Crippen molar-refractivity contribution in [3.8, 4) is 0 Å². The number of Topliss-reactive ketones (excluding diaryl/α,β-unsaturated/α-hetero) is 1. The summed E-state index contributed by atoms with van der Waals surface area (Å²) in [5.74, 6) is 2.62. The molecule has 22 atom stereocenters. The fourth-order valence-corrected chi connectivity index (χ4v) is 13.0. The van der Waals surface area contributed by atoms with Crippen molar-refractivity contribution >= 4 is 5.78 Å². The molecule has 8 aliphatic rings. The fourth-order valence-electron chi connectivity index (χ4n) is 13.0. The van der Waals surface area contributed by atoms with Crippen LogP contribution in [0.15, 0.2) is 0 Å². The molecule has 0 unspecified atom stereocenters. The van der Waals surface area contributed by atoms with E-state index in [1.165, 1.54) is 6.92 Å². The molecule has 7 N–H and O–H groups in total. The van der Waals surface area contributed by atoms with Crippen LogP contribution in [0, 0.1) is 52.3 Å². The average molecular weight is 738 g/mol. The second-order valence-corrected chi connectivity index (χ2v) is 18.8. The van der Waals surface area contributed by atoms with Gasteiger partial charge in [0, 0.05) is 24.3 Å². The van der Waals surface area contributed by atoms with Crippen LogP contribution in [0.25, 0.3) is 0 Å². The summed E-state index contributed by atoms with van der Waals surface area (Å²) in [5, 5.41) is 66.7. The summed E-state index contributed by atoms with van der Waals surface area (Å²) in [4.78, 5) is 14.5. The summed E-state index contributed by atoms with van der Waals surface area (Å²) >= 11 is 0. The summed E-state index contributed by atoms with van der Waals surface area (Å²) in [6.07, 6.45) is -5.45. The third-order valence-corrected chi connectivity index (χ3v) is 16.1. The molecule has 0 aromatic carbocycles. The van der Waals surface area contributed by atoms with Crippen LogP contribution in [0.5, 0.6) is 0 Å². The number of fused-ring (bicyclic) bond motifs is 7. The van der Waals surface area contributed by atoms with Crippen LogP contribution in [-0.2, 0) is 28.5 Å². The second kappa shape index (κ2) is 13.7. The Balaban J connectivity index is 0.957. The third kappa shape index (κ3) is 5.73. The molecular weight excluding hydrogens is 674 g/mol. The summed E-state index contributed by atoms with van der Waals surface area (Å²) in [6, 6.07) is 0. The summed E-state index contributed by atoms with van der Waals surface area (Å²) < 4.78 is 31.0. The van der Waals surface area contributed by atoms with Gasteiger partial charge >= 0.3 is 0 Å². The molecule has 4 aliphatic carbocycles. The van der Waals surface area contributed by atoms with Gasteiger partial charge in [0.05, 0.1) is 18.8 Å². The second-order valence-electron chi connectivity index (χ2n) is 18.8. The van der Waals surface area contributed by atoms with Crippen molar-refractivity contribution in [3.63, 3.8) is 0 Å². The van der Waals surface area contributed by atoms with Gasteiger partial charge in [-0.1, -0.05) is 27.7 Å². The monoisotopic (exact) mass is 737 g/mol. The first kappa shape index (κ1) is 38.1. The van der Waals surface area contributed by atoms with Crippen LogP contribution >= 0.6 is 0 Å². The van der Waals surface area contributed by atoms with Crippen LogP contribution < -0.4 is 5.32 Å². The number of carbonyl (C=O) groups excluding carboxylic acids is 1. The van der Waals surface area contributed by atoms with Crippen molar-refractivity contribution in [3.05, 3.63) is 0 Å². The molecule has 0 aromatic rings. The van der Waals surface area contributed by atoms with Gasteiger partial charge in [0.25, 0.3) is 0 Å². The van der Waals surface area contributed by atoms with Gasteiger partial charge in [0.1, 0.15) is 54.6 Å². The molecule has 4 saturated heterocycles. The lowest BCUT2D eigenvalue weighted by Crippen LogP contribution is -2.64. The van der Waals surface area contributed by atoms with Gasteiger partial charge in [-0.3, -0.25) is 10.1 Å². The number of ether oxygens (including phenoxy) is 5. The summed E-state index contributed by atoms with van der Waals surface area (Å²) in [7, 11) is 0. The topological polar surface area (TPSA) is 197 Å². The van der Waals surface area contributed by atoms with Gasteiger partial charge in [-0.25, -0.2) is 0 Å². The molecular formula is C39H63NO12. The van der Waals surface area contributed by atoms with Crippen LogP contribution in [0.4, 0.5) is 0 Å². The van der Waals surface area contributed by atoms with Gasteiger partial charge in [0.2, 0.25) is 0 Å². The molecule has 13 heteroatoms. The van der Waals surface area contributed by atoms with Crippen LogP contribution in [0.3, 0.4) is 0 Å². The predicted molar refractivity (Wildman–Crippen MR) is 184 cm³/mol. The van der Waals surface area contributed by atoms with E-state index in [1.807, 2.05) is 0 Å². The molecule has 0 bridgehead atoms. The first-order valence-electron chi connectivity index (χ1n) is 20.2. The first-order chi connectivity index (χ1) is 24.6. The minimum Gasteiger partial charge on any atom is -0.394 e. The number of ketones is 1. The molecule has 0 amide bonds. The molecule has 8 fully saturated rings. The van der Waals surface area contributed by atoms with Crippen LogP contribution in [0.1, 0.15) is 92.4 Å². The molecule has 0 radical (unpaired) electrons. The van der Waals surface area contributed by atoms with Crippen molar-refractivity contribution in [2.24, 2.45) is 52.3 Å². The maximum Gasteiger partial charge on any atom is 0.187 e. The highest BCUT2D eigenvalue weighted by Gasteiger charge is 2.72. The average Bonchev–Trinajstić information content (AvgIpc) is 3.53. The van der Waals surface area contributed by atoms with E-state index in [2.05, 4.69) is 33.0 Å². The van der Waals surface area contributed by atoms with E-state index in [1.54, 1.807) is 0 Å². The van der Waals surface area contributed by atoms with E-state index in [9.17, 15) is 35.4 Å². The first-order valence-corrected chi connectivity index (χ1v) is 20.2. The number of aliphatic hydroxyl groups is 6. The largest absolute Gasteiger partial charge is 0.394 e. The Morgan fingerprint density at radius 1 is 0.808 bits per heavy atom. The predicted octanol–water partition coefficient (Wildman–Crippen LogP) is 1.22. The Morgan fingerprint density at radius 3 is 2.27 bits per heavy atom. The van der Waals surface area contributed by atoms with Crippen molar-refractivity contribution in [2.45, 2.75) is 172 Å². The normalized spacial score (nSPS) is 59.1. The maximum absolute atomic E-state index is 14.5. The molecule has 52 heavy (non-hydrogen) atoms. The third-order valence-electron chi connectivity index (χ3n) is 16.1. The SMILES string of the molecule is C[C@H]1CC[C@@]2(NC1)O[C@@H]1C(=O)[C@@H]3[C@H]4CC[C@H]5C[C@@H](O[C@@H]6O[C@@H](CO)[C@H](O)[C@H](O)[C@H]6O[C@@H]6O[C@@H](C)[C@H](O)[C@@H](O)[C@@H]6O)CC[C@]5(C)[C@@H]4CC[C@]3(C)[C@@H]1[C@H]2C. The molecule has 4 saturated carbocycles. The Labute approximate surface area is 307 Å².